The molecule has 0 aliphatic heterocycles. The van der Waals surface area contributed by atoms with Gasteiger partial charge in [0, 0.05) is 24.3 Å². The molecule has 2 heterocycles. The Balaban J connectivity index is 2.10. The zero-order chi connectivity index (χ0) is 21.8. The number of hydrogen-bond acceptors (Lipinski definition) is 8. The molecule has 0 radical (unpaired) electrons. The molecule has 0 atom stereocenters. The molecule has 0 saturated carbocycles. The molecule has 0 spiro atoms. The zero-order valence-electron chi connectivity index (χ0n) is 16.3. The van der Waals surface area contributed by atoms with Crippen LogP contribution >= 0.6 is 0 Å². The van der Waals surface area contributed by atoms with E-state index in [0.717, 1.165) is 0 Å². The minimum atomic E-state index is -0.655. The van der Waals surface area contributed by atoms with Crippen LogP contribution in [0, 0.1) is 0 Å². The summed E-state index contributed by atoms with van der Waals surface area (Å²) in [5.74, 6) is -0.423. The van der Waals surface area contributed by atoms with Crippen LogP contribution < -0.4 is 31.8 Å². The molecule has 5 N–H and O–H groups in total. The number of nitrogens with zero attached hydrogens (tertiary/aromatic N) is 3. The van der Waals surface area contributed by atoms with Crippen LogP contribution in [0.2, 0.25) is 0 Å². The van der Waals surface area contributed by atoms with Gasteiger partial charge in [-0.2, -0.15) is 0 Å². The highest BCUT2D eigenvalue weighted by atomic mass is 16.5. The maximum Gasteiger partial charge on any atom is 0.260 e. The van der Waals surface area contributed by atoms with Crippen LogP contribution in [-0.4, -0.2) is 40.1 Å². The molecule has 0 saturated heterocycles. The van der Waals surface area contributed by atoms with E-state index in [0.29, 0.717) is 17.3 Å². The summed E-state index contributed by atoms with van der Waals surface area (Å²) >= 11 is 0. The van der Waals surface area contributed by atoms with Crippen LogP contribution in [0.4, 0.5) is 11.8 Å². The average molecular weight is 412 g/mol. The second-order valence-electron chi connectivity index (χ2n) is 6.18. The number of methoxy groups -OCH3 is 1. The Hall–Kier alpha value is -4.15. The number of benzene rings is 1. The second-order valence-corrected chi connectivity index (χ2v) is 6.18. The molecule has 1 aromatic carbocycles. The van der Waals surface area contributed by atoms with Gasteiger partial charge >= 0.3 is 0 Å². The van der Waals surface area contributed by atoms with E-state index < -0.39 is 11.8 Å². The molecule has 0 aliphatic carbocycles. The summed E-state index contributed by atoms with van der Waals surface area (Å²) in [5.41, 5.74) is 10.4. The summed E-state index contributed by atoms with van der Waals surface area (Å²) in [5, 5.41) is 3.44. The fraction of sp³-hybridized carbons (Fsp3) is 0.211. The van der Waals surface area contributed by atoms with Gasteiger partial charge in [-0.05, 0) is 25.1 Å². The number of ether oxygens (including phenoxy) is 2. The van der Waals surface area contributed by atoms with Gasteiger partial charge in [-0.1, -0.05) is 0 Å². The van der Waals surface area contributed by atoms with Gasteiger partial charge in [0.15, 0.2) is 18.1 Å². The van der Waals surface area contributed by atoms with E-state index in [1.54, 1.807) is 19.1 Å². The van der Waals surface area contributed by atoms with Crippen LogP contribution in [0.25, 0.3) is 10.8 Å². The number of pyridine rings is 1. The Morgan fingerprint density at radius 3 is 2.50 bits per heavy atom. The third-order valence-corrected chi connectivity index (χ3v) is 4.27. The van der Waals surface area contributed by atoms with Crippen molar-refractivity contribution in [3.8, 4) is 11.5 Å². The van der Waals surface area contributed by atoms with Gasteiger partial charge in [0.1, 0.15) is 5.82 Å². The van der Waals surface area contributed by atoms with Crippen LogP contribution in [0.15, 0.2) is 35.4 Å². The first kappa shape index (κ1) is 20.6. The van der Waals surface area contributed by atoms with E-state index >= 15 is 0 Å². The number of aromatic nitrogens is 3. The van der Waals surface area contributed by atoms with Crippen LogP contribution in [0.3, 0.4) is 0 Å². The first-order valence-electron chi connectivity index (χ1n) is 8.90. The Labute approximate surface area is 170 Å². The number of hydrogen-bond donors (Lipinski definition) is 3. The van der Waals surface area contributed by atoms with E-state index in [1.165, 1.54) is 30.1 Å². The fourth-order valence-corrected chi connectivity index (χ4v) is 2.91. The number of nitrogens with one attached hydrogen (secondary N) is 1. The topological polar surface area (TPSA) is 164 Å². The van der Waals surface area contributed by atoms with E-state index in [4.69, 9.17) is 20.9 Å². The lowest BCUT2D eigenvalue weighted by Crippen LogP contribution is -2.25. The van der Waals surface area contributed by atoms with Crippen molar-refractivity contribution in [3.05, 3.63) is 46.5 Å². The highest BCUT2D eigenvalue weighted by Crippen LogP contribution is 2.35. The van der Waals surface area contributed by atoms with E-state index in [1.807, 2.05) is 0 Å². The number of nitrogen functional groups attached to an aromatic ring is 1. The molecule has 11 heteroatoms. The summed E-state index contributed by atoms with van der Waals surface area (Å²) in [6.45, 7) is 1.73. The predicted molar refractivity (Wildman–Crippen MR) is 110 cm³/mol. The van der Waals surface area contributed by atoms with E-state index in [2.05, 4.69) is 15.3 Å². The van der Waals surface area contributed by atoms with Crippen LogP contribution in [0.5, 0.6) is 11.5 Å². The van der Waals surface area contributed by atoms with Crippen molar-refractivity contribution in [2.24, 2.45) is 5.73 Å². The molecule has 2 amide bonds. The highest BCUT2D eigenvalue weighted by molar-refractivity contribution is 6.04. The molecule has 0 unspecified atom stereocenters. The number of rotatable bonds is 7. The average Bonchev–Trinajstić information content (AvgIpc) is 2.72. The first-order valence-corrected chi connectivity index (χ1v) is 8.90. The maximum absolute atomic E-state index is 13.0. The van der Waals surface area contributed by atoms with Gasteiger partial charge in [0.05, 0.1) is 18.1 Å². The Bertz CT molecular complexity index is 1170. The number of carbonyl (C=O) groups is 2. The second kappa shape index (κ2) is 8.47. The monoisotopic (exact) mass is 412 g/mol. The molecule has 11 nitrogen and oxygen atoms in total. The molecular formula is C19H20N6O5. The number of carbonyl (C=O) groups excluding carboxylic acids is 2. The van der Waals surface area contributed by atoms with Gasteiger partial charge < -0.3 is 26.3 Å². The zero-order valence-corrected chi connectivity index (χ0v) is 16.3. The Morgan fingerprint density at radius 2 is 1.90 bits per heavy atom. The van der Waals surface area contributed by atoms with Crippen molar-refractivity contribution < 1.29 is 19.1 Å². The predicted octanol–water partition coefficient (Wildman–Crippen LogP) is 0.519. The van der Waals surface area contributed by atoms with E-state index in [9.17, 15) is 14.4 Å². The molecule has 156 valence electrons. The summed E-state index contributed by atoms with van der Waals surface area (Å²) in [7, 11) is 1.40. The number of fused-ring (bicyclic) bond motifs is 1. The van der Waals surface area contributed by atoms with Gasteiger partial charge in [0.2, 0.25) is 5.95 Å². The van der Waals surface area contributed by atoms with Crippen LogP contribution in [0.1, 0.15) is 17.3 Å². The molecule has 0 bridgehead atoms. The van der Waals surface area contributed by atoms with Crippen molar-refractivity contribution >= 4 is 34.4 Å². The minimum Gasteiger partial charge on any atom is -0.492 e. The lowest BCUT2D eigenvalue weighted by atomic mass is 10.1. The third-order valence-electron chi connectivity index (χ3n) is 4.27. The molecule has 0 aliphatic rings. The van der Waals surface area contributed by atoms with Gasteiger partial charge in [0.25, 0.3) is 17.4 Å². The lowest BCUT2D eigenvalue weighted by Gasteiger charge is -2.17. The van der Waals surface area contributed by atoms with Crippen LogP contribution in [-0.2, 0) is 11.3 Å². The molecule has 0 fully saturated rings. The lowest BCUT2D eigenvalue weighted by molar-refractivity contribution is -0.119. The minimum absolute atomic E-state index is 0.0379. The molecule has 3 rings (SSSR count). The molecule has 3 aromatic rings. The molecule has 30 heavy (non-hydrogen) atoms. The van der Waals surface area contributed by atoms with Gasteiger partial charge in [-0.3, -0.25) is 19.0 Å². The summed E-state index contributed by atoms with van der Waals surface area (Å²) in [6.07, 6.45) is 2.56. The number of primary amides is 1. The number of amides is 2. The smallest absolute Gasteiger partial charge is 0.260 e. The van der Waals surface area contributed by atoms with Gasteiger partial charge in [-0.15, -0.1) is 0 Å². The quantitative estimate of drug-likeness (QED) is 0.505. The summed E-state index contributed by atoms with van der Waals surface area (Å²) in [4.78, 5) is 44.2. The Kier molecular flexibility index (Phi) is 5.81. The van der Waals surface area contributed by atoms with Gasteiger partial charge in [-0.25, -0.2) is 9.97 Å². The van der Waals surface area contributed by atoms with E-state index in [-0.39, 0.29) is 41.0 Å². The molecular weight excluding hydrogens is 392 g/mol. The number of anilines is 2. The van der Waals surface area contributed by atoms with Crippen molar-refractivity contribution in [1.29, 1.82) is 0 Å². The number of nitrogens with two attached hydrogens (primary N) is 2. The maximum atomic E-state index is 13.0. The van der Waals surface area contributed by atoms with Crippen molar-refractivity contribution in [1.82, 2.24) is 14.5 Å². The van der Waals surface area contributed by atoms with Crippen molar-refractivity contribution in [2.75, 3.05) is 24.8 Å². The highest BCUT2D eigenvalue weighted by Gasteiger charge is 2.18. The largest absolute Gasteiger partial charge is 0.492 e. The summed E-state index contributed by atoms with van der Waals surface area (Å²) < 4.78 is 12.2. The SMILES string of the molecule is CCn1c(NC(=O)c2cnc(N)nc2)cc2c(OC)c(OCC(N)=O)ccc2c1=O. The van der Waals surface area contributed by atoms with Crippen molar-refractivity contribution in [3.63, 3.8) is 0 Å². The third kappa shape index (κ3) is 3.99. The normalized spacial score (nSPS) is 10.6. The molecule has 2 aromatic heterocycles. The summed E-state index contributed by atoms with van der Waals surface area (Å²) in [6, 6.07) is 4.67. The fourth-order valence-electron chi connectivity index (χ4n) is 2.91. The standard InChI is InChI=1S/C19H20N6O5/c1-3-25-15(24-17(27)10-7-22-19(21)23-8-10)6-12-11(18(25)28)4-5-13(16(12)29-2)30-9-14(20)26/h4-8H,3,9H2,1-2H3,(H2,20,26)(H,24,27)(H2,21,22,23). The first-order chi connectivity index (χ1) is 14.3. The van der Waals surface area contributed by atoms with Crippen molar-refractivity contribution in [2.45, 2.75) is 13.5 Å². The Morgan fingerprint density at radius 1 is 1.20 bits per heavy atom.